The number of fused-ring (bicyclic) bond motifs is 5. The highest BCUT2D eigenvalue weighted by Gasteiger charge is 2.60. The number of allylic oxidation sites excluding steroid dienone is 2. The number of carbonyl (C=O) groups excluding carboxylic acids is 3. The molecule has 5 atom stereocenters. The Morgan fingerprint density at radius 2 is 1.91 bits per heavy atom. The van der Waals surface area contributed by atoms with Crippen LogP contribution in [0.4, 0.5) is 4.79 Å². The summed E-state index contributed by atoms with van der Waals surface area (Å²) in [6, 6.07) is 0. The summed E-state index contributed by atoms with van der Waals surface area (Å²) in [5, 5.41) is 2.58. The van der Waals surface area contributed by atoms with Crippen molar-refractivity contribution in [3.05, 3.63) is 12.2 Å². The monoisotopic (exact) mass is 306 g/mol. The van der Waals surface area contributed by atoms with Crippen LogP contribution in [0.5, 0.6) is 0 Å². The van der Waals surface area contributed by atoms with Crippen molar-refractivity contribution in [3.8, 4) is 0 Å². The number of nitrogens with zero attached hydrogens (tertiary/aromatic N) is 1. The number of rotatable bonds is 5. The average molecular weight is 306 g/mol. The number of ether oxygens (including phenoxy) is 1. The van der Waals surface area contributed by atoms with Gasteiger partial charge in [0.25, 0.3) is 0 Å². The average Bonchev–Trinajstić information content (AvgIpc) is 3.13. The first-order chi connectivity index (χ1) is 10.5. The molecule has 0 aromatic carbocycles. The number of nitrogens with one attached hydrogen (secondary N) is 1. The van der Waals surface area contributed by atoms with E-state index in [2.05, 4.69) is 17.5 Å². The van der Waals surface area contributed by atoms with Crippen molar-refractivity contribution in [1.82, 2.24) is 10.2 Å². The molecule has 3 rings (SSSR count). The lowest BCUT2D eigenvalue weighted by Crippen LogP contribution is -2.50. The minimum atomic E-state index is -0.667. The van der Waals surface area contributed by atoms with Crippen molar-refractivity contribution in [2.75, 3.05) is 6.61 Å². The molecule has 0 unspecified atom stereocenters. The lowest BCUT2D eigenvalue weighted by molar-refractivity contribution is -0.143. The van der Waals surface area contributed by atoms with E-state index < -0.39 is 12.3 Å². The summed E-state index contributed by atoms with van der Waals surface area (Å²) in [4.78, 5) is 38.0. The van der Waals surface area contributed by atoms with Crippen LogP contribution in [0, 0.1) is 23.7 Å². The topological polar surface area (TPSA) is 75.7 Å². The van der Waals surface area contributed by atoms with Crippen LogP contribution in [-0.2, 0) is 14.3 Å². The maximum absolute atomic E-state index is 12.5. The Balaban J connectivity index is 1.62. The molecule has 2 fully saturated rings. The van der Waals surface area contributed by atoms with Gasteiger partial charge in [-0.25, -0.2) is 4.79 Å². The minimum absolute atomic E-state index is 0.159. The second-order valence-electron chi connectivity index (χ2n) is 6.36. The van der Waals surface area contributed by atoms with E-state index in [1.54, 1.807) is 6.92 Å². The lowest BCUT2D eigenvalue weighted by atomic mass is 9.85. The van der Waals surface area contributed by atoms with Gasteiger partial charge < -0.3 is 10.1 Å². The van der Waals surface area contributed by atoms with Crippen LogP contribution in [0.1, 0.15) is 33.1 Å². The van der Waals surface area contributed by atoms with Gasteiger partial charge >= 0.3 is 6.09 Å². The molecular weight excluding hydrogens is 284 g/mol. The third-order valence-electron chi connectivity index (χ3n) is 4.95. The van der Waals surface area contributed by atoms with Crippen LogP contribution in [0.3, 0.4) is 0 Å². The molecule has 6 heteroatoms. The van der Waals surface area contributed by atoms with E-state index in [-0.39, 0.29) is 35.5 Å². The van der Waals surface area contributed by atoms with Crippen LogP contribution in [-0.4, -0.2) is 35.6 Å². The summed E-state index contributed by atoms with van der Waals surface area (Å²) in [7, 11) is 0. The first-order valence-corrected chi connectivity index (χ1v) is 8.03. The van der Waals surface area contributed by atoms with Gasteiger partial charge in [-0.3, -0.25) is 14.5 Å². The first-order valence-electron chi connectivity index (χ1n) is 8.03. The van der Waals surface area contributed by atoms with Gasteiger partial charge in [0, 0.05) is 0 Å². The van der Waals surface area contributed by atoms with Crippen LogP contribution in [0.25, 0.3) is 0 Å². The van der Waals surface area contributed by atoms with E-state index in [4.69, 9.17) is 4.74 Å². The molecule has 3 amide bonds. The predicted octanol–water partition coefficient (Wildman–Crippen LogP) is 1.67. The van der Waals surface area contributed by atoms with E-state index in [9.17, 15) is 14.4 Å². The van der Waals surface area contributed by atoms with Gasteiger partial charge in [-0.1, -0.05) is 25.5 Å². The smallest absolute Gasteiger partial charge is 0.408 e. The fourth-order valence-corrected chi connectivity index (χ4v) is 3.89. The maximum atomic E-state index is 12.5. The highest BCUT2D eigenvalue weighted by molar-refractivity contribution is 6.06. The standard InChI is InChI=1S/C16H22N2O4/c1-3-4-7-22-16(21)17-9(2)18-14(19)12-10-5-6-11(8-10)13(12)15(18)20/h5-6,9-13H,3-4,7-8H2,1-2H3,(H,17,21)/t9-,10-,11-,12-,13+/m0/s1. The van der Waals surface area contributed by atoms with E-state index >= 15 is 0 Å². The number of alkyl carbamates (subject to hydrolysis) is 1. The summed E-state index contributed by atoms with van der Waals surface area (Å²) in [6.45, 7) is 4.00. The molecule has 2 bridgehead atoms. The number of carbonyl (C=O) groups is 3. The number of imide groups is 1. The van der Waals surface area contributed by atoms with Crippen molar-refractivity contribution >= 4 is 17.9 Å². The Morgan fingerprint density at radius 1 is 1.32 bits per heavy atom. The number of hydrogen-bond acceptors (Lipinski definition) is 4. The molecule has 0 radical (unpaired) electrons. The molecule has 1 saturated heterocycles. The van der Waals surface area contributed by atoms with Crippen LogP contribution in [0.2, 0.25) is 0 Å². The molecule has 1 heterocycles. The fraction of sp³-hybridized carbons (Fsp3) is 0.688. The van der Waals surface area contributed by atoms with Crippen LogP contribution < -0.4 is 5.32 Å². The zero-order valence-corrected chi connectivity index (χ0v) is 13.0. The Hall–Kier alpha value is -1.85. The van der Waals surface area contributed by atoms with Gasteiger partial charge in [-0.15, -0.1) is 0 Å². The molecule has 0 aromatic heterocycles. The van der Waals surface area contributed by atoms with Gasteiger partial charge in [0.15, 0.2) is 0 Å². The largest absolute Gasteiger partial charge is 0.450 e. The van der Waals surface area contributed by atoms with E-state index in [0.717, 1.165) is 19.3 Å². The molecule has 2 aliphatic carbocycles. The summed E-state index contributed by atoms with van der Waals surface area (Å²) in [6.07, 6.45) is 5.49. The van der Waals surface area contributed by atoms with Gasteiger partial charge in [0.1, 0.15) is 6.17 Å². The minimum Gasteiger partial charge on any atom is -0.450 e. The fourth-order valence-electron chi connectivity index (χ4n) is 3.89. The highest BCUT2D eigenvalue weighted by Crippen LogP contribution is 2.52. The van der Waals surface area contributed by atoms with Crippen molar-refractivity contribution in [3.63, 3.8) is 0 Å². The quantitative estimate of drug-likeness (QED) is 0.476. The number of likely N-dealkylation sites (tertiary alicyclic amines) is 1. The van der Waals surface area contributed by atoms with E-state index in [1.807, 2.05) is 6.92 Å². The Kier molecular flexibility index (Phi) is 3.93. The van der Waals surface area contributed by atoms with Crippen molar-refractivity contribution < 1.29 is 19.1 Å². The molecule has 120 valence electrons. The normalized spacial score (nSPS) is 33.3. The number of hydrogen-bond donors (Lipinski definition) is 1. The van der Waals surface area contributed by atoms with E-state index in [0.29, 0.717) is 6.61 Å². The summed E-state index contributed by atoms with van der Waals surface area (Å²) >= 11 is 0. The third kappa shape index (κ3) is 2.30. The number of amides is 3. The molecule has 1 aliphatic heterocycles. The Labute approximate surface area is 129 Å². The first kappa shape index (κ1) is 15.1. The lowest BCUT2D eigenvalue weighted by Gasteiger charge is -2.25. The van der Waals surface area contributed by atoms with Crippen molar-refractivity contribution in [2.24, 2.45) is 23.7 Å². The van der Waals surface area contributed by atoms with E-state index in [1.165, 1.54) is 4.90 Å². The molecule has 1 N–H and O–H groups in total. The molecule has 6 nitrogen and oxygen atoms in total. The third-order valence-corrected chi connectivity index (χ3v) is 4.95. The molecule has 22 heavy (non-hydrogen) atoms. The zero-order valence-electron chi connectivity index (χ0n) is 13.0. The van der Waals surface area contributed by atoms with Gasteiger partial charge in [-0.2, -0.15) is 0 Å². The predicted molar refractivity (Wildman–Crippen MR) is 78.4 cm³/mol. The van der Waals surface area contributed by atoms with Gasteiger partial charge in [-0.05, 0) is 31.6 Å². The number of unbranched alkanes of at least 4 members (excludes halogenated alkanes) is 1. The molecule has 0 aromatic rings. The molecule has 0 spiro atoms. The second kappa shape index (κ2) is 5.74. The molecular formula is C16H22N2O4. The zero-order chi connectivity index (χ0) is 15.9. The van der Waals surface area contributed by atoms with Crippen molar-refractivity contribution in [2.45, 2.75) is 39.3 Å². The van der Waals surface area contributed by atoms with Crippen molar-refractivity contribution in [1.29, 1.82) is 0 Å². The van der Waals surface area contributed by atoms with Gasteiger partial charge in [0.05, 0.1) is 18.4 Å². The SMILES string of the molecule is CCCCOC(=O)N[C@H](C)N1C(=O)[C@@H]2[C@H](C1=O)[C@H]1C=C[C@H]2C1. The van der Waals surface area contributed by atoms with Crippen LogP contribution >= 0.6 is 0 Å². The van der Waals surface area contributed by atoms with Gasteiger partial charge in [0.2, 0.25) is 11.8 Å². The maximum Gasteiger partial charge on any atom is 0.408 e. The highest BCUT2D eigenvalue weighted by atomic mass is 16.5. The molecule has 3 aliphatic rings. The Morgan fingerprint density at radius 3 is 2.45 bits per heavy atom. The second-order valence-corrected chi connectivity index (χ2v) is 6.36. The summed E-state index contributed by atoms with van der Waals surface area (Å²) < 4.78 is 5.02. The Bertz CT molecular complexity index is 500. The van der Waals surface area contributed by atoms with Crippen LogP contribution in [0.15, 0.2) is 12.2 Å². The molecule has 1 saturated carbocycles. The summed E-state index contributed by atoms with van der Waals surface area (Å²) in [5.41, 5.74) is 0. The summed E-state index contributed by atoms with van der Waals surface area (Å²) in [5.74, 6) is -0.424.